The van der Waals surface area contributed by atoms with Gasteiger partial charge < -0.3 is 9.88 Å². The maximum atomic E-state index is 12.5. The lowest BCUT2D eigenvalue weighted by molar-refractivity contribution is 0.0751. The van der Waals surface area contributed by atoms with Gasteiger partial charge in [-0.1, -0.05) is 30.3 Å². The van der Waals surface area contributed by atoms with E-state index in [0.29, 0.717) is 18.9 Å². The van der Waals surface area contributed by atoms with E-state index in [1.165, 1.54) is 11.1 Å². The van der Waals surface area contributed by atoms with Crippen LogP contribution < -0.4 is 0 Å². The molecule has 24 heavy (non-hydrogen) atoms. The van der Waals surface area contributed by atoms with E-state index in [-0.39, 0.29) is 5.91 Å². The molecule has 1 amide bonds. The Morgan fingerprint density at radius 3 is 2.71 bits per heavy atom. The number of nitrogens with one attached hydrogen (secondary N) is 1. The Labute approximate surface area is 140 Å². The minimum Gasteiger partial charge on any atom is -0.341 e. The van der Waals surface area contributed by atoms with Gasteiger partial charge >= 0.3 is 0 Å². The molecule has 4 rings (SSSR count). The molecular formula is C18H19N5O. The molecule has 1 aromatic carbocycles. The Kier molecular flexibility index (Phi) is 3.65. The molecule has 0 spiro atoms. The first-order chi connectivity index (χ1) is 11.7. The van der Waals surface area contributed by atoms with Crippen molar-refractivity contribution < 1.29 is 4.79 Å². The number of rotatable bonds is 2. The number of aromatic amines is 1. The topological polar surface area (TPSA) is 66.8 Å². The van der Waals surface area contributed by atoms with Gasteiger partial charge in [0.1, 0.15) is 0 Å². The molecule has 3 heterocycles. The van der Waals surface area contributed by atoms with Crippen molar-refractivity contribution in [3.63, 3.8) is 0 Å². The second kappa shape index (κ2) is 5.96. The van der Waals surface area contributed by atoms with E-state index in [1.54, 1.807) is 12.4 Å². The summed E-state index contributed by atoms with van der Waals surface area (Å²) in [6.45, 7) is 1.34. The average Bonchev–Trinajstić information content (AvgIpc) is 3.19. The van der Waals surface area contributed by atoms with Crippen molar-refractivity contribution in [1.29, 1.82) is 0 Å². The number of aryl methyl sites for hydroxylation is 1. The summed E-state index contributed by atoms with van der Waals surface area (Å²) in [6.07, 6.45) is 4.85. The first kappa shape index (κ1) is 14.7. The van der Waals surface area contributed by atoms with E-state index >= 15 is 0 Å². The highest BCUT2D eigenvalue weighted by molar-refractivity contribution is 5.90. The van der Waals surface area contributed by atoms with Crippen LogP contribution in [0, 0.1) is 0 Å². The molecule has 1 aliphatic rings. The summed E-state index contributed by atoms with van der Waals surface area (Å²) < 4.78 is 1.96. The molecule has 0 unspecified atom stereocenters. The fourth-order valence-corrected chi connectivity index (χ4v) is 3.38. The van der Waals surface area contributed by atoms with Gasteiger partial charge in [-0.25, -0.2) is 4.98 Å². The monoisotopic (exact) mass is 321 g/mol. The number of carbonyl (C=O) groups excluding carboxylic acids is 1. The van der Waals surface area contributed by atoms with Crippen molar-refractivity contribution in [2.45, 2.75) is 12.8 Å². The highest BCUT2D eigenvalue weighted by Crippen LogP contribution is 2.28. The Morgan fingerprint density at radius 2 is 1.96 bits per heavy atom. The van der Waals surface area contributed by atoms with Crippen molar-refractivity contribution in [2.24, 2.45) is 7.05 Å². The summed E-state index contributed by atoms with van der Waals surface area (Å²) in [5.41, 5.74) is 4.65. The van der Waals surface area contributed by atoms with Crippen LogP contribution in [0.25, 0.3) is 11.3 Å². The zero-order valence-corrected chi connectivity index (χ0v) is 13.6. The molecule has 0 saturated heterocycles. The largest absolute Gasteiger partial charge is 0.341 e. The zero-order chi connectivity index (χ0) is 16.5. The third-order valence-corrected chi connectivity index (χ3v) is 4.51. The summed E-state index contributed by atoms with van der Waals surface area (Å²) >= 11 is 0. The number of amides is 1. The maximum absolute atomic E-state index is 12.5. The van der Waals surface area contributed by atoms with E-state index in [0.717, 1.165) is 24.2 Å². The number of carbonyl (C=O) groups is 1. The molecule has 0 saturated carbocycles. The molecule has 2 aromatic heterocycles. The van der Waals surface area contributed by atoms with Gasteiger partial charge in [-0.15, -0.1) is 0 Å². The number of nitrogens with zero attached hydrogens (tertiary/aromatic N) is 4. The maximum Gasteiger partial charge on any atom is 0.289 e. The van der Waals surface area contributed by atoms with Crippen molar-refractivity contribution >= 4 is 5.91 Å². The number of fused-ring (bicyclic) bond motifs is 1. The molecule has 0 aliphatic carbocycles. The number of aromatic nitrogens is 4. The molecule has 0 radical (unpaired) electrons. The first-order valence-electron chi connectivity index (χ1n) is 8.13. The van der Waals surface area contributed by atoms with E-state index in [9.17, 15) is 4.79 Å². The second-order valence-corrected chi connectivity index (χ2v) is 5.99. The molecule has 0 bridgehead atoms. The van der Waals surface area contributed by atoms with Gasteiger partial charge in [0.25, 0.3) is 5.91 Å². The number of hydrogen-bond donors (Lipinski definition) is 1. The molecular weight excluding hydrogens is 302 g/mol. The minimum absolute atomic E-state index is 0.0456. The molecule has 0 atom stereocenters. The third kappa shape index (κ3) is 2.50. The predicted molar refractivity (Wildman–Crippen MR) is 90.5 cm³/mol. The van der Waals surface area contributed by atoms with Crippen molar-refractivity contribution in [3.05, 3.63) is 59.8 Å². The molecule has 6 heteroatoms. The van der Waals surface area contributed by atoms with Crippen LogP contribution in [0.3, 0.4) is 0 Å². The number of hydrogen-bond acceptors (Lipinski definition) is 3. The Bertz CT molecular complexity index is 851. The van der Waals surface area contributed by atoms with Gasteiger partial charge in [0.2, 0.25) is 0 Å². The highest BCUT2D eigenvalue weighted by Gasteiger charge is 2.25. The van der Waals surface area contributed by atoms with Gasteiger partial charge in [-0.3, -0.25) is 9.48 Å². The summed E-state index contributed by atoms with van der Waals surface area (Å²) in [5, 5.41) is 4.70. The fraction of sp³-hybridized carbons (Fsp3) is 0.278. The predicted octanol–water partition coefficient (Wildman–Crippen LogP) is 2.05. The van der Waals surface area contributed by atoms with Crippen LogP contribution in [-0.2, 0) is 19.9 Å². The SMILES string of the molecule is Cn1nc2c(c1-c1ccccc1)CCN(C(=O)c1ncc[nH]1)CC2. The lowest BCUT2D eigenvalue weighted by Gasteiger charge is -2.19. The summed E-state index contributed by atoms with van der Waals surface area (Å²) in [7, 11) is 1.99. The van der Waals surface area contributed by atoms with Crippen LogP contribution in [0.4, 0.5) is 0 Å². The van der Waals surface area contributed by atoms with Gasteiger partial charge in [0.05, 0.1) is 11.4 Å². The van der Waals surface area contributed by atoms with Gasteiger partial charge in [-0.05, 0) is 6.42 Å². The summed E-state index contributed by atoms with van der Waals surface area (Å²) in [4.78, 5) is 21.3. The molecule has 0 fully saturated rings. The number of benzene rings is 1. The van der Waals surface area contributed by atoms with Crippen LogP contribution in [0.5, 0.6) is 0 Å². The van der Waals surface area contributed by atoms with Crippen molar-refractivity contribution in [3.8, 4) is 11.3 Å². The quantitative estimate of drug-likeness (QED) is 0.785. The Hall–Kier alpha value is -2.89. The van der Waals surface area contributed by atoms with Crippen LogP contribution >= 0.6 is 0 Å². The van der Waals surface area contributed by atoms with E-state index in [4.69, 9.17) is 5.10 Å². The Balaban J connectivity index is 1.62. The van der Waals surface area contributed by atoms with Gasteiger partial charge in [0, 0.05) is 50.1 Å². The third-order valence-electron chi connectivity index (χ3n) is 4.51. The smallest absolute Gasteiger partial charge is 0.289 e. The molecule has 6 nitrogen and oxygen atoms in total. The second-order valence-electron chi connectivity index (χ2n) is 5.99. The summed E-state index contributed by atoms with van der Waals surface area (Å²) in [5.74, 6) is 0.356. The van der Waals surface area contributed by atoms with E-state index in [2.05, 4.69) is 22.1 Å². The fourth-order valence-electron chi connectivity index (χ4n) is 3.38. The molecule has 1 aliphatic heterocycles. The lowest BCUT2D eigenvalue weighted by atomic mass is 10.0. The van der Waals surface area contributed by atoms with Crippen LogP contribution in [-0.4, -0.2) is 43.6 Å². The van der Waals surface area contributed by atoms with Crippen molar-refractivity contribution in [1.82, 2.24) is 24.6 Å². The van der Waals surface area contributed by atoms with Crippen LogP contribution in [0.1, 0.15) is 21.9 Å². The van der Waals surface area contributed by atoms with E-state index in [1.807, 2.05) is 34.8 Å². The standard InChI is InChI=1S/C18H19N5O/c1-22-16(13-5-3-2-4-6-13)14-7-11-23(12-8-15(14)21-22)18(24)17-19-9-10-20-17/h2-6,9-10H,7-8,11-12H2,1H3,(H,19,20). The van der Waals surface area contributed by atoms with Crippen LogP contribution in [0.2, 0.25) is 0 Å². The highest BCUT2D eigenvalue weighted by atomic mass is 16.2. The van der Waals surface area contributed by atoms with Gasteiger partial charge in [0.15, 0.2) is 5.82 Å². The van der Waals surface area contributed by atoms with Crippen molar-refractivity contribution in [2.75, 3.05) is 13.1 Å². The Morgan fingerprint density at radius 1 is 1.17 bits per heavy atom. The van der Waals surface area contributed by atoms with Crippen LogP contribution in [0.15, 0.2) is 42.7 Å². The normalized spacial score (nSPS) is 14.3. The summed E-state index contributed by atoms with van der Waals surface area (Å²) in [6, 6.07) is 10.3. The minimum atomic E-state index is -0.0456. The van der Waals surface area contributed by atoms with Gasteiger partial charge in [-0.2, -0.15) is 5.10 Å². The number of H-pyrrole nitrogens is 1. The average molecular weight is 321 g/mol. The first-order valence-corrected chi connectivity index (χ1v) is 8.13. The van der Waals surface area contributed by atoms with E-state index < -0.39 is 0 Å². The molecule has 1 N–H and O–H groups in total. The molecule has 3 aromatic rings. The number of imidazole rings is 1. The lowest BCUT2D eigenvalue weighted by Crippen LogP contribution is -2.34. The molecule has 122 valence electrons. The zero-order valence-electron chi connectivity index (χ0n) is 13.6.